The molecule has 1 amide bonds. The Morgan fingerprint density at radius 2 is 2.00 bits per heavy atom. The van der Waals surface area contributed by atoms with Crippen molar-refractivity contribution in [3.05, 3.63) is 35.4 Å². The van der Waals surface area contributed by atoms with E-state index in [4.69, 9.17) is 4.74 Å². The van der Waals surface area contributed by atoms with E-state index in [-0.39, 0.29) is 6.09 Å². The van der Waals surface area contributed by atoms with Gasteiger partial charge in [0.2, 0.25) is 0 Å². The lowest BCUT2D eigenvalue weighted by Gasteiger charge is -2.26. The Bertz CT molecular complexity index is 502. The smallest absolute Gasteiger partial charge is 0.410 e. The van der Waals surface area contributed by atoms with Gasteiger partial charge in [-0.2, -0.15) is 0 Å². The fourth-order valence-electron chi connectivity index (χ4n) is 2.78. The molecular weight excluding hydrogens is 276 g/mol. The number of rotatable bonds is 3. The highest BCUT2D eigenvalue weighted by atomic mass is 16.6. The maximum absolute atomic E-state index is 12.0. The molecule has 0 spiro atoms. The number of hydrogen-bond acceptors (Lipinski definition) is 3. The van der Waals surface area contributed by atoms with E-state index in [9.17, 15) is 4.79 Å². The molecule has 1 aromatic carbocycles. The number of carbonyl (C=O) groups excluding carboxylic acids is 1. The van der Waals surface area contributed by atoms with Crippen LogP contribution in [0, 0.1) is 0 Å². The second-order valence-corrected chi connectivity index (χ2v) is 7.11. The maximum Gasteiger partial charge on any atom is 0.410 e. The van der Waals surface area contributed by atoms with E-state index in [1.807, 2.05) is 20.8 Å². The summed E-state index contributed by atoms with van der Waals surface area (Å²) >= 11 is 0. The quantitative estimate of drug-likeness (QED) is 0.929. The SMILES string of the molecule is CN(Cc1cccc(C2CCNCC2)c1)C(=O)OC(C)(C)C. The van der Waals surface area contributed by atoms with Crippen molar-refractivity contribution in [1.29, 1.82) is 0 Å². The van der Waals surface area contributed by atoms with Crippen molar-refractivity contribution in [3.8, 4) is 0 Å². The molecule has 122 valence electrons. The summed E-state index contributed by atoms with van der Waals surface area (Å²) in [5, 5.41) is 3.40. The highest BCUT2D eigenvalue weighted by Gasteiger charge is 2.20. The molecule has 0 aliphatic carbocycles. The molecule has 1 aromatic rings. The molecule has 1 fully saturated rings. The van der Waals surface area contributed by atoms with Gasteiger partial charge in [-0.3, -0.25) is 0 Å². The van der Waals surface area contributed by atoms with Crippen molar-refractivity contribution >= 4 is 6.09 Å². The van der Waals surface area contributed by atoms with Crippen LogP contribution in [0.15, 0.2) is 24.3 Å². The molecular formula is C18H28N2O2. The van der Waals surface area contributed by atoms with Gasteiger partial charge in [0.25, 0.3) is 0 Å². The van der Waals surface area contributed by atoms with Crippen molar-refractivity contribution in [2.75, 3.05) is 20.1 Å². The van der Waals surface area contributed by atoms with Crippen LogP contribution < -0.4 is 5.32 Å². The lowest BCUT2D eigenvalue weighted by molar-refractivity contribution is 0.0285. The Balaban J connectivity index is 1.99. The van der Waals surface area contributed by atoms with Gasteiger partial charge in [0.15, 0.2) is 0 Å². The van der Waals surface area contributed by atoms with Crippen LogP contribution in [0.3, 0.4) is 0 Å². The maximum atomic E-state index is 12.0. The molecule has 22 heavy (non-hydrogen) atoms. The van der Waals surface area contributed by atoms with Gasteiger partial charge in [-0.1, -0.05) is 24.3 Å². The summed E-state index contributed by atoms with van der Waals surface area (Å²) < 4.78 is 5.40. The first-order valence-corrected chi connectivity index (χ1v) is 8.09. The highest BCUT2D eigenvalue weighted by molar-refractivity contribution is 5.67. The van der Waals surface area contributed by atoms with Crippen molar-refractivity contribution < 1.29 is 9.53 Å². The molecule has 1 N–H and O–H groups in total. The van der Waals surface area contributed by atoms with Gasteiger partial charge in [-0.15, -0.1) is 0 Å². The number of benzene rings is 1. The Kier molecular flexibility index (Phi) is 5.46. The molecule has 0 saturated carbocycles. The van der Waals surface area contributed by atoms with Crippen LogP contribution >= 0.6 is 0 Å². The third kappa shape index (κ3) is 5.02. The van der Waals surface area contributed by atoms with Crippen molar-refractivity contribution in [3.63, 3.8) is 0 Å². The number of piperidine rings is 1. The normalized spacial score (nSPS) is 16.4. The minimum absolute atomic E-state index is 0.278. The minimum atomic E-state index is -0.456. The molecule has 0 atom stereocenters. The summed E-state index contributed by atoms with van der Waals surface area (Å²) in [4.78, 5) is 13.7. The van der Waals surface area contributed by atoms with E-state index >= 15 is 0 Å². The van der Waals surface area contributed by atoms with Crippen LogP contribution in [0.5, 0.6) is 0 Å². The fourth-order valence-corrected chi connectivity index (χ4v) is 2.78. The molecule has 1 saturated heterocycles. The standard InChI is InChI=1S/C18H28N2O2/c1-18(2,3)22-17(21)20(4)13-14-6-5-7-16(12-14)15-8-10-19-11-9-15/h5-7,12,15,19H,8-11,13H2,1-4H3. The number of amides is 1. The van der Waals surface area contributed by atoms with E-state index in [1.54, 1.807) is 11.9 Å². The number of nitrogens with one attached hydrogen (secondary N) is 1. The van der Waals surface area contributed by atoms with E-state index in [1.165, 1.54) is 18.4 Å². The van der Waals surface area contributed by atoms with Crippen LogP contribution in [-0.4, -0.2) is 36.7 Å². The summed E-state index contributed by atoms with van der Waals surface area (Å²) in [5.74, 6) is 0.632. The molecule has 4 heteroatoms. The Labute approximate surface area is 133 Å². The van der Waals surface area contributed by atoms with Gasteiger partial charge < -0.3 is 15.0 Å². The zero-order valence-corrected chi connectivity index (χ0v) is 14.2. The van der Waals surface area contributed by atoms with Crippen molar-refractivity contribution in [2.45, 2.75) is 51.7 Å². The van der Waals surface area contributed by atoms with Gasteiger partial charge >= 0.3 is 6.09 Å². The summed E-state index contributed by atoms with van der Waals surface area (Å²) in [5.41, 5.74) is 2.09. The zero-order chi connectivity index (χ0) is 16.2. The first kappa shape index (κ1) is 16.8. The minimum Gasteiger partial charge on any atom is -0.444 e. The first-order chi connectivity index (χ1) is 10.3. The lowest BCUT2D eigenvalue weighted by atomic mass is 9.89. The second kappa shape index (κ2) is 7.14. The molecule has 0 aromatic heterocycles. The van der Waals surface area contributed by atoms with Crippen LogP contribution in [-0.2, 0) is 11.3 Å². The first-order valence-electron chi connectivity index (χ1n) is 8.09. The third-order valence-electron chi connectivity index (χ3n) is 3.89. The molecule has 4 nitrogen and oxygen atoms in total. The molecule has 1 heterocycles. The molecule has 0 bridgehead atoms. The summed E-state index contributed by atoms with van der Waals surface area (Å²) in [6.07, 6.45) is 2.09. The molecule has 0 radical (unpaired) electrons. The van der Waals surface area contributed by atoms with E-state index < -0.39 is 5.60 Å². The summed E-state index contributed by atoms with van der Waals surface area (Å²) in [6, 6.07) is 8.60. The topological polar surface area (TPSA) is 41.6 Å². The number of ether oxygens (including phenoxy) is 1. The van der Waals surface area contributed by atoms with Gasteiger partial charge in [-0.05, 0) is 63.7 Å². The van der Waals surface area contributed by atoms with Crippen LogP contribution in [0.25, 0.3) is 0 Å². The zero-order valence-electron chi connectivity index (χ0n) is 14.2. The van der Waals surface area contributed by atoms with Crippen molar-refractivity contribution in [2.24, 2.45) is 0 Å². The summed E-state index contributed by atoms with van der Waals surface area (Å²) in [6.45, 7) is 8.41. The molecule has 2 rings (SSSR count). The molecule has 0 unspecified atom stereocenters. The van der Waals surface area contributed by atoms with E-state index in [0.29, 0.717) is 12.5 Å². The Morgan fingerprint density at radius 3 is 2.64 bits per heavy atom. The van der Waals surface area contributed by atoms with Crippen LogP contribution in [0.1, 0.15) is 50.7 Å². The fraction of sp³-hybridized carbons (Fsp3) is 0.611. The largest absolute Gasteiger partial charge is 0.444 e. The predicted molar refractivity (Wildman–Crippen MR) is 89.0 cm³/mol. The Morgan fingerprint density at radius 1 is 1.32 bits per heavy atom. The number of carbonyl (C=O) groups is 1. The predicted octanol–water partition coefficient (Wildman–Crippen LogP) is 3.52. The van der Waals surface area contributed by atoms with E-state index in [2.05, 4.69) is 29.6 Å². The third-order valence-corrected chi connectivity index (χ3v) is 3.89. The lowest BCUT2D eigenvalue weighted by Crippen LogP contribution is -2.33. The number of nitrogens with zero attached hydrogens (tertiary/aromatic N) is 1. The highest BCUT2D eigenvalue weighted by Crippen LogP contribution is 2.26. The van der Waals surface area contributed by atoms with E-state index in [0.717, 1.165) is 18.7 Å². The number of hydrogen-bond donors (Lipinski definition) is 1. The van der Waals surface area contributed by atoms with Gasteiger partial charge in [-0.25, -0.2) is 4.79 Å². The van der Waals surface area contributed by atoms with Crippen LogP contribution in [0.2, 0.25) is 0 Å². The van der Waals surface area contributed by atoms with Gasteiger partial charge in [0.05, 0.1) is 0 Å². The van der Waals surface area contributed by atoms with Gasteiger partial charge in [0.1, 0.15) is 5.60 Å². The molecule has 1 aliphatic heterocycles. The van der Waals surface area contributed by atoms with Crippen molar-refractivity contribution in [1.82, 2.24) is 10.2 Å². The average Bonchev–Trinajstić information content (AvgIpc) is 2.46. The molecule has 1 aliphatic rings. The second-order valence-electron chi connectivity index (χ2n) is 7.11. The Hall–Kier alpha value is -1.55. The average molecular weight is 304 g/mol. The van der Waals surface area contributed by atoms with Gasteiger partial charge in [0, 0.05) is 13.6 Å². The van der Waals surface area contributed by atoms with Crippen LogP contribution in [0.4, 0.5) is 4.79 Å². The monoisotopic (exact) mass is 304 g/mol. The summed E-state index contributed by atoms with van der Waals surface area (Å²) in [7, 11) is 1.78.